The van der Waals surface area contributed by atoms with Crippen LogP contribution >= 0.6 is 0 Å². The highest BCUT2D eigenvalue weighted by Gasteiger charge is 2.23. The number of likely N-dealkylation sites (tertiary alicyclic amines) is 1. The van der Waals surface area contributed by atoms with Gasteiger partial charge in [0.1, 0.15) is 0 Å². The molecule has 0 N–H and O–H groups in total. The molecular weight excluding hydrogens is 378 g/mol. The highest BCUT2D eigenvalue weighted by molar-refractivity contribution is 5.78. The largest absolute Gasteiger partial charge is 0.476 e. The first-order chi connectivity index (χ1) is 14.4. The zero-order chi connectivity index (χ0) is 21.1. The van der Waals surface area contributed by atoms with Crippen LogP contribution in [0.5, 0.6) is 5.88 Å². The molecule has 0 unspecified atom stereocenters. The van der Waals surface area contributed by atoms with E-state index >= 15 is 0 Å². The zero-order valence-electron chi connectivity index (χ0n) is 17.9. The minimum absolute atomic E-state index is 0.0167. The molecule has 1 aliphatic heterocycles. The van der Waals surface area contributed by atoms with Gasteiger partial charge in [-0.1, -0.05) is 26.8 Å². The van der Waals surface area contributed by atoms with Gasteiger partial charge in [0.25, 0.3) is 0 Å². The standard InChI is InChI=1S/C23H29N5O2/c1-23(2,3)19-15-28-20(25-19)6-7-21(26-28)30-16-17-8-11-27(12-9-17)22(29)13-18-5-4-10-24-14-18/h4-7,10,14-15,17H,8-9,11-13,16H2,1-3H3. The third kappa shape index (κ3) is 4.78. The van der Waals surface area contributed by atoms with Gasteiger partial charge in [-0.05, 0) is 36.5 Å². The van der Waals surface area contributed by atoms with E-state index in [2.05, 4.69) is 35.8 Å². The van der Waals surface area contributed by atoms with Gasteiger partial charge in [0.05, 0.1) is 24.9 Å². The lowest BCUT2D eigenvalue weighted by Gasteiger charge is -2.31. The quantitative estimate of drug-likeness (QED) is 0.649. The number of ether oxygens (including phenoxy) is 1. The fraction of sp³-hybridized carbons (Fsp3) is 0.478. The average Bonchev–Trinajstić information content (AvgIpc) is 3.17. The number of aromatic nitrogens is 4. The number of hydrogen-bond donors (Lipinski definition) is 0. The molecule has 0 spiro atoms. The third-order valence-electron chi connectivity index (χ3n) is 5.58. The van der Waals surface area contributed by atoms with Gasteiger partial charge in [-0.15, -0.1) is 5.10 Å². The lowest BCUT2D eigenvalue weighted by molar-refractivity contribution is -0.132. The Morgan fingerprint density at radius 3 is 2.70 bits per heavy atom. The van der Waals surface area contributed by atoms with Crippen molar-refractivity contribution in [3.63, 3.8) is 0 Å². The van der Waals surface area contributed by atoms with E-state index in [9.17, 15) is 4.79 Å². The predicted octanol–water partition coefficient (Wildman–Crippen LogP) is 3.28. The van der Waals surface area contributed by atoms with Gasteiger partial charge in [-0.25, -0.2) is 9.50 Å². The van der Waals surface area contributed by atoms with Gasteiger partial charge in [-0.3, -0.25) is 9.78 Å². The summed E-state index contributed by atoms with van der Waals surface area (Å²) in [5, 5.41) is 4.55. The van der Waals surface area contributed by atoms with E-state index in [1.807, 2.05) is 35.4 Å². The van der Waals surface area contributed by atoms with E-state index in [4.69, 9.17) is 4.74 Å². The first-order valence-electron chi connectivity index (χ1n) is 10.5. The molecule has 7 heteroatoms. The van der Waals surface area contributed by atoms with Crippen LogP contribution in [-0.2, 0) is 16.6 Å². The van der Waals surface area contributed by atoms with E-state index in [0.29, 0.717) is 24.8 Å². The Bertz CT molecular complexity index is 1000. The number of piperidine rings is 1. The molecule has 0 atom stereocenters. The molecule has 0 saturated carbocycles. The van der Waals surface area contributed by atoms with Crippen molar-refractivity contribution >= 4 is 11.6 Å². The fourth-order valence-corrected chi connectivity index (χ4v) is 3.64. The summed E-state index contributed by atoms with van der Waals surface area (Å²) < 4.78 is 7.76. The third-order valence-corrected chi connectivity index (χ3v) is 5.58. The fourth-order valence-electron chi connectivity index (χ4n) is 3.64. The summed E-state index contributed by atoms with van der Waals surface area (Å²) in [6, 6.07) is 7.63. The van der Waals surface area contributed by atoms with Crippen LogP contribution in [0.2, 0.25) is 0 Å². The molecule has 4 rings (SSSR count). The van der Waals surface area contributed by atoms with Crippen LogP contribution in [0, 0.1) is 5.92 Å². The molecule has 4 heterocycles. The molecule has 7 nitrogen and oxygen atoms in total. The van der Waals surface area contributed by atoms with Crippen LogP contribution in [0.1, 0.15) is 44.9 Å². The number of fused-ring (bicyclic) bond motifs is 1. The molecule has 0 aromatic carbocycles. The predicted molar refractivity (Wildman–Crippen MR) is 114 cm³/mol. The molecule has 3 aromatic heterocycles. The number of nitrogens with zero attached hydrogens (tertiary/aromatic N) is 5. The number of imidazole rings is 1. The smallest absolute Gasteiger partial charge is 0.231 e. The van der Waals surface area contributed by atoms with Gasteiger partial charge >= 0.3 is 0 Å². The minimum Gasteiger partial charge on any atom is -0.476 e. The molecule has 158 valence electrons. The molecule has 0 bridgehead atoms. The Hall–Kier alpha value is -2.96. The SMILES string of the molecule is CC(C)(C)c1cn2nc(OCC3CCN(C(=O)Cc4cccnc4)CC3)ccc2n1. The summed E-state index contributed by atoms with van der Waals surface area (Å²) >= 11 is 0. The maximum atomic E-state index is 12.5. The van der Waals surface area contributed by atoms with Crippen LogP contribution in [0.3, 0.4) is 0 Å². The summed E-state index contributed by atoms with van der Waals surface area (Å²) in [5.41, 5.74) is 2.78. The summed E-state index contributed by atoms with van der Waals surface area (Å²) in [4.78, 5) is 23.2. The number of amides is 1. The second kappa shape index (κ2) is 8.42. The van der Waals surface area contributed by atoms with Crippen LogP contribution in [0.25, 0.3) is 5.65 Å². The van der Waals surface area contributed by atoms with Crippen molar-refractivity contribution in [1.82, 2.24) is 24.5 Å². The Labute approximate surface area is 177 Å². The van der Waals surface area contributed by atoms with Gasteiger partial charge in [0.15, 0.2) is 5.65 Å². The summed E-state index contributed by atoms with van der Waals surface area (Å²) in [5.74, 6) is 1.21. The first kappa shape index (κ1) is 20.3. The van der Waals surface area contributed by atoms with Crippen molar-refractivity contribution < 1.29 is 9.53 Å². The molecule has 1 fully saturated rings. The molecule has 1 amide bonds. The number of carbonyl (C=O) groups is 1. The van der Waals surface area contributed by atoms with E-state index in [0.717, 1.165) is 42.8 Å². The zero-order valence-corrected chi connectivity index (χ0v) is 17.9. The maximum Gasteiger partial charge on any atom is 0.231 e. The molecule has 3 aromatic rings. The Balaban J connectivity index is 1.28. The summed E-state index contributed by atoms with van der Waals surface area (Å²) in [6.07, 6.45) is 7.75. The lowest BCUT2D eigenvalue weighted by atomic mass is 9.93. The topological polar surface area (TPSA) is 72.6 Å². The van der Waals surface area contributed by atoms with Gasteiger partial charge in [0.2, 0.25) is 11.8 Å². The first-order valence-corrected chi connectivity index (χ1v) is 10.5. The highest BCUT2D eigenvalue weighted by Crippen LogP contribution is 2.23. The van der Waals surface area contributed by atoms with Crippen LogP contribution in [0.15, 0.2) is 42.9 Å². The monoisotopic (exact) mass is 407 g/mol. The normalized spacial score (nSPS) is 15.5. The number of pyridine rings is 1. The van der Waals surface area contributed by atoms with Crippen molar-refractivity contribution in [3.8, 4) is 5.88 Å². The molecule has 0 aliphatic carbocycles. The Morgan fingerprint density at radius 2 is 2.00 bits per heavy atom. The van der Waals surface area contributed by atoms with Crippen molar-refractivity contribution in [2.45, 2.75) is 45.4 Å². The molecular formula is C23H29N5O2. The number of rotatable bonds is 5. The molecule has 0 radical (unpaired) electrons. The average molecular weight is 408 g/mol. The van der Waals surface area contributed by atoms with Crippen LogP contribution in [0.4, 0.5) is 0 Å². The van der Waals surface area contributed by atoms with Crippen molar-refractivity contribution in [2.24, 2.45) is 5.92 Å². The van der Waals surface area contributed by atoms with Gasteiger partial charge in [0, 0.05) is 37.0 Å². The lowest BCUT2D eigenvalue weighted by Crippen LogP contribution is -2.40. The number of hydrogen-bond acceptors (Lipinski definition) is 5. The molecule has 30 heavy (non-hydrogen) atoms. The van der Waals surface area contributed by atoms with Crippen molar-refractivity contribution in [1.29, 1.82) is 0 Å². The van der Waals surface area contributed by atoms with Crippen LogP contribution < -0.4 is 4.74 Å². The van der Waals surface area contributed by atoms with Gasteiger partial charge < -0.3 is 9.64 Å². The summed E-state index contributed by atoms with van der Waals surface area (Å²) in [7, 11) is 0. The molecule has 1 aliphatic rings. The van der Waals surface area contributed by atoms with E-state index in [1.165, 1.54) is 0 Å². The second-order valence-corrected chi connectivity index (χ2v) is 9.02. The molecule has 1 saturated heterocycles. The van der Waals surface area contributed by atoms with Gasteiger partial charge in [-0.2, -0.15) is 0 Å². The van der Waals surface area contributed by atoms with E-state index in [1.54, 1.807) is 16.9 Å². The summed E-state index contributed by atoms with van der Waals surface area (Å²) in [6.45, 7) is 8.58. The Kier molecular flexibility index (Phi) is 5.70. The minimum atomic E-state index is -0.0167. The maximum absolute atomic E-state index is 12.5. The van der Waals surface area contributed by atoms with E-state index in [-0.39, 0.29) is 11.3 Å². The number of carbonyl (C=O) groups excluding carboxylic acids is 1. The van der Waals surface area contributed by atoms with Crippen molar-refractivity contribution in [3.05, 3.63) is 54.1 Å². The Morgan fingerprint density at radius 1 is 1.20 bits per heavy atom. The second-order valence-electron chi connectivity index (χ2n) is 9.02. The van der Waals surface area contributed by atoms with E-state index < -0.39 is 0 Å². The van der Waals surface area contributed by atoms with Crippen LogP contribution in [-0.4, -0.2) is 50.1 Å². The van der Waals surface area contributed by atoms with Crippen molar-refractivity contribution in [2.75, 3.05) is 19.7 Å². The highest BCUT2D eigenvalue weighted by atomic mass is 16.5.